The van der Waals surface area contributed by atoms with Crippen LogP contribution in [0.2, 0.25) is 0 Å². The second-order valence-electron chi connectivity index (χ2n) is 4.57. The van der Waals surface area contributed by atoms with E-state index in [1.807, 2.05) is 0 Å². The molecule has 0 aliphatic carbocycles. The maximum absolute atomic E-state index is 10.1. The Morgan fingerprint density at radius 3 is 0.844 bits per heavy atom. The molecule has 0 radical (unpaired) electrons. The Hall–Kier alpha value is 5.10. The van der Waals surface area contributed by atoms with Gasteiger partial charge < -0.3 is 124 Å². The quantitative estimate of drug-likeness (QED) is 0.100. The molecule has 0 heterocycles. The minimum atomic E-state index is -5.39. The van der Waals surface area contributed by atoms with Gasteiger partial charge in [-0.15, -0.1) is 0 Å². The summed E-state index contributed by atoms with van der Waals surface area (Å²) >= 11 is 0. The monoisotopic (exact) mass is 837 g/mol. The summed E-state index contributed by atoms with van der Waals surface area (Å²) in [6.45, 7) is 2.17. The number of carbonyl (C=O) groups is 5. The van der Waals surface area contributed by atoms with Crippen molar-refractivity contribution < 1.29 is 282 Å². The zero-order chi connectivity index (χ0) is 30.4. The molecule has 0 aromatic heterocycles. The van der Waals surface area contributed by atoms with Gasteiger partial charge in [0.15, 0.2) is 0 Å². The molecule has 0 unspecified atom stereocenters. The van der Waals surface area contributed by atoms with Crippen molar-refractivity contribution in [3.05, 3.63) is 15.3 Å². The number of carbonyl (C=O) groups excluding carboxylic acids is 3. The second kappa shape index (κ2) is 61.2. The van der Waals surface area contributed by atoms with Crippen molar-refractivity contribution in [3.63, 3.8) is 0 Å². The van der Waals surface area contributed by atoms with Crippen LogP contribution in [0, 0.1) is 15.3 Å². The fraction of sp³-hybridized carbons (Fsp3) is 0.500. The average Bonchev–Trinajstić information content (AvgIpc) is 2.38. The maximum atomic E-state index is 10.1. The van der Waals surface area contributed by atoms with E-state index in [1.165, 1.54) is 0 Å². The molecule has 0 atom stereocenters. The first-order valence-corrected chi connectivity index (χ1v) is 9.90. The average molecular weight is 838 g/mol. The number of nitrogens with zero attached hydrogens (tertiary/aromatic N) is 1. The van der Waals surface area contributed by atoms with Crippen LogP contribution in [0.1, 0.15) is 26.7 Å². The number of hydrogen-bond acceptors (Lipinski definition) is 20. The first-order chi connectivity index (χ1) is 15.0. The molecule has 226 valence electrons. The van der Waals surface area contributed by atoms with Crippen LogP contribution in [0.25, 0.3) is 0 Å². The Labute approximate surface area is 444 Å². The van der Waals surface area contributed by atoms with E-state index in [0.717, 1.165) is 13.8 Å². The Kier molecular flexibility index (Phi) is 141. The smallest absolute Gasteiger partial charge is 1.00 e. The molecule has 0 saturated carbocycles. The fourth-order valence-corrected chi connectivity index (χ4v) is 0.684. The molecule has 35 heteroatoms. The standard InChI is InChI=1S/C6H8O7.2C2H4O2.Al.Ca.2ClH.K.Li.Mg.NO3.3Na.2H3O4P/c7-3(8)1-6(13,5(11)12)2-4(9)10;2*1-2(3)4;;;;;;;;2-1(3)4;;;;2*1-5(2,3)4/h13H,1-2H2,(H,7,8)(H,9,10)(H,11,12);2*1H3,(H,3,4);;;2*1H;;;;;;;;2*(H3,1,2,3,4)/q;;;+3;+2;;;2*+1;+2;-1;3*+1;;/p-11. The summed E-state index contributed by atoms with van der Waals surface area (Å²) in [6.07, 6.45) is -2.72. The predicted octanol–water partition coefficient (Wildman–Crippen LogP) is -33.1. The Morgan fingerprint density at radius 2 is 0.800 bits per heavy atom. The number of aliphatic hydroxyl groups is 1. The van der Waals surface area contributed by atoms with Crippen LogP contribution in [0.15, 0.2) is 0 Å². The van der Waals surface area contributed by atoms with Crippen LogP contribution in [0.5, 0.6) is 0 Å². The Morgan fingerprint density at radius 1 is 0.711 bits per heavy atom. The van der Waals surface area contributed by atoms with Gasteiger partial charge in [0.1, 0.15) is 5.60 Å². The van der Waals surface area contributed by atoms with E-state index in [1.54, 1.807) is 0 Å². The third-order valence-electron chi connectivity index (χ3n) is 1.25. The molecule has 3 N–H and O–H groups in total. The number of hydrogen-bond donors (Lipinski definition) is 3. The number of aliphatic carboxylic acids is 5. The van der Waals surface area contributed by atoms with Crippen LogP contribution < -0.4 is 228 Å². The zero-order valence-electron chi connectivity index (χ0n) is 24.6. The maximum Gasteiger partial charge on any atom is 3.00 e. The van der Waals surface area contributed by atoms with Gasteiger partial charge >= 0.3 is 237 Å². The van der Waals surface area contributed by atoms with Gasteiger partial charge in [0.2, 0.25) is 0 Å². The zero-order valence-corrected chi connectivity index (χ0v) is 41.8. The minimum Gasteiger partial charge on any atom is -1.00 e. The van der Waals surface area contributed by atoms with Crippen molar-refractivity contribution >= 4 is 124 Å². The molecule has 0 aromatic rings. The molecule has 0 rings (SSSR count). The number of halogens is 2. The fourth-order valence-electron chi connectivity index (χ4n) is 0.684. The van der Waals surface area contributed by atoms with Crippen LogP contribution >= 0.6 is 15.6 Å². The predicted molar refractivity (Wildman–Crippen MR) is 98.7 cm³/mol. The number of carboxylic acids is 5. The van der Waals surface area contributed by atoms with Crippen LogP contribution in [-0.4, -0.2) is 134 Å². The Balaban J connectivity index is -0.0000000165. The molecular formula is C10H13AlCaCl2KLiMgNNa3O22P2. The van der Waals surface area contributed by atoms with Gasteiger partial charge in [-0.25, -0.2) is 0 Å². The summed E-state index contributed by atoms with van der Waals surface area (Å²) in [7, 11) is -10.8. The van der Waals surface area contributed by atoms with Gasteiger partial charge in [-0.3, -0.25) is 9.59 Å². The minimum absolute atomic E-state index is 0. The van der Waals surface area contributed by atoms with Crippen molar-refractivity contribution in [2.45, 2.75) is 32.3 Å². The van der Waals surface area contributed by atoms with Crippen molar-refractivity contribution in [2.75, 3.05) is 0 Å². The van der Waals surface area contributed by atoms with Crippen molar-refractivity contribution in [2.24, 2.45) is 0 Å². The molecule has 0 aliphatic rings. The molecular weight excluding hydrogens is 825 g/mol. The van der Waals surface area contributed by atoms with Gasteiger partial charge in [-0.1, -0.05) is 0 Å². The summed E-state index contributed by atoms with van der Waals surface area (Å²) in [6, 6.07) is 0. The van der Waals surface area contributed by atoms with Crippen molar-refractivity contribution in [1.29, 1.82) is 0 Å². The summed E-state index contributed by atoms with van der Waals surface area (Å²) in [5, 5.41) is 68.5. The number of phosphoric acid groups is 2. The number of rotatable bonds is 5. The Bertz CT molecular complexity index is 732. The van der Waals surface area contributed by atoms with Crippen molar-refractivity contribution in [3.8, 4) is 0 Å². The van der Waals surface area contributed by atoms with E-state index >= 15 is 0 Å². The second-order valence-corrected chi connectivity index (χ2v) is 6.36. The summed E-state index contributed by atoms with van der Waals surface area (Å²) in [4.78, 5) is 108. The molecule has 0 aromatic carbocycles. The van der Waals surface area contributed by atoms with Crippen molar-refractivity contribution in [1.82, 2.24) is 0 Å². The van der Waals surface area contributed by atoms with Gasteiger partial charge in [-0.2, -0.15) is 15.6 Å². The molecule has 0 fully saturated rings. The molecule has 23 nitrogen and oxygen atoms in total. The summed E-state index contributed by atoms with van der Waals surface area (Å²) in [5.41, 5.74) is -2.97. The topological polar surface area (TPSA) is 454 Å². The molecule has 45 heavy (non-hydrogen) atoms. The third-order valence-corrected chi connectivity index (χ3v) is 1.25. The van der Waals surface area contributed by atoms with E-state index in [-0.39, 0.29) is 262 Å². The summed E-state index contributed by atoms with van der Waals surface area (Å²) in [5.74, 6) is -7.65. The molecule has 0 aliphatic heterocycles. The van der Waals surface area contributed by atoms with Crippen LogP contribution in [0.3, 0.4) is 0 Å². The first-order valence-electron chi connectivity index (χ1n) is 6.98. The summed E-state index contributed by atoms with van der Waals surface area (Å²) < 4.78 is 17.1. The van der Waals surface area contributed by atoms with E-state index < -0.39 is 69.0 Å². The third kappa shape index (κ3) is 245. The van der Waals surface area contributed by atoms with Gasteiger partial charge in [0.05, 0.1) is 11.1 Å². The molecule has 0 spiro atoms. The SMILES string of the molecule is CC(=O)O.CC(=O)O.O=C([O-])CC(O)(CC(=O)[O-])C(=O)[O-].O=P([O-])([O-])[O-].O=P([O-])([O-])[O-].O=[N+]([O-])[O-].[Al+3].[Ca+2].[Cl-].[Cl-].[K+].[Li+].[Mg+2].[Na+].[Na+].[Na+]. The molecule has 0 bridgehead atoms. The van der Waals surface area contributed by atoms with Crippen LogP contribution in [0.4, 0.5) is 0 Å². The van der Waals surface area contributed by atoms with E-state index in [4.69, 9.17) is 78.7 Å². The van der Waals surface area contributed by atoms with E-state index in [2.05, 4.69) is 0 Å². The first kappa shape index (κ1) is 104. The van der Waals surface area contributed by atoms with E-state index in [0.29, 0.717) is 0 Å². The van der Waals surface area contributed by atoms with Gasteiger partial charge in [0, 0.05) is 38.6 Å². The number of carboxylic acid groups (broad SMARTS) is 5. The normalized spacial score (nSPS) is 7.40. The van der Waals surface area contributed by atoms with Gasteiger partial charge in [0.25, 0.3) is 11.9 Å². The van der Waals surface area contributed by atoms with Gasteiger partial charge in [-0.05, 0) is 0 Å². The molecule has 0 amide bonds. The van der Waals surface area contributed by atoms with Crippen LogP contribution in [-0.2, 0) is 33.1 Å². The van der Waals surface area contributed by atoms with E-state index in [9.17, 15) is 29.7 Å². The largest absolute Gasteiger partial charge is 3.00 e. The molecule has 0 saturated heterocycles.